The maximum absolute atomic E-state index is 10.7. The molecule has 0 radical (unpaired) electrons. The number of hydrogen-bond donors (Lipinski definition) is 2. The molecule has 5 heteroatoms. The molecule has 21 heavy (non-hydrogen) atoms. The molecule has 5 atom stereocenters. The summed E-state index contributed by atoms with van der Waals surface area (Å²) < 4.78 is 11.0. The third kappa shape index (κ3) is 1.36. The van der Waals surface area contributed by atoms with Crippen LogP contribution in [0.4, 0.5) is 0 Å². The van der Waals surface area contributed by atoms with Crippen LogP contribution in [0.1, 0.15) is 30.2 Å². The Kier molecular flexibility index (Phi) is 2.17. The lowest BCUT2D eigenvalue weighted by Gasteiger charge is -2.47. The minimum atomic E-state index is -0.631. The Morgan fingerprint density at radius 2 is 2.00 bits per heavy atom. The van der Waals surface area contributed by atoms with Crippen LogP contribution >= 0.6 is 0 Å². The maximum Gasteiger partial charge on any atom is 0.231 e. The van der Waals surface area contributed by atoms with Crippen LogP contribution in [-0.2, 0) is 5.41 Å². The van der Waals surface area contributed by atoms with E-state index in [0.29, 0.717) is 12.2 Å². The van der Waals surface area contributed by atoms with E-state index >= 15 is 0 Å². The molecule has 2 N–H and O–H groups in total. The van der Waals surface area contributed by atoms with Gasteiger partial charge in [-0.3, -0.25) is 4.90 Å². The van der Waals surface area contributed by atoms with Crippen LogP contribution in [-0.4, -0.2) is 40.6 Å². The van der Waals surface area contributed by atoms with Crippen LogP contribution in [0.15, 0.2) is 24.3 Å². The number of ether oxygens (including phenoxy) is 2. The highest BCUT2D eigenvalue weighted by Gasteiger charge is 2.56. The molecule has 0 amide bonds. The second-order valence-corrected chi connectivity index (χ2v) is 6.37. The third-order valence-electron chi connectivity index (χ3n) is 5.50. The van der Waals surface area contributed by atoms with Crippen LogP contribution in [0.2, 0.25) is 0 Å². The topological polar surface area (TPSA) is 62.2 Å². The summed E-state index contributed by atoms with van der Waals surface area (Å²) in [6.45, 7) is 1.08. The van der Waals surface area contributed by atoms with Crippen LogP contribution in [0.25, 0.3) is 0 Å². The zero-order valence-corrected chi connectivity index (χ0v) is 11.5. The first-order valence-corrected chi connectivity index (χ1v) is 7.44. The molecule has 5 nitrogen and oxygen atoms in total. The maximum atomic E-state index is 10.7. The number of rotatable bonds is 0. The zero-order chi connectivity index (χ0) is 14.2. The van der Waals surface area contributed by atoms with Crippen molar-refractivity contribution in [2.24, 2.45) is 0 Å². The van der Waals surface area contributed by atoms with Crippen molar-refractivity contribution in [3.63, 3.8) is 0 Å². The molecule has 2 bridgehead atoms. The van der Waals surface area contributed by atoms with E-state index in [4.69, 9.17) is 9.47 Å². The number of fused-ring (bicyclic) bond motifs is 2. The van der Waals surface area contributed by atoms with E-state index in [9.17, 15) is 10.2 Å². The Balaban J connectivity index is 1.77. The lowest BCUT2D eigenvalue weighted by molar-refractivity contribution is -0.0364. The minimum absolute atomic E-state index is 0.116. The number of benzene rings is 1. The highest BCUT2D eigenvalue weighted by molar-refractivity contribution is 5.56. The van der Waals surface area contributed by atoms with E-state index in [1.807, 2.05) is 18.2 Å². The number of aliphatic hydroxyl groups excluding tert-OH is 2. The molecule has 0 aromatic heterocycles. The summed E-state index contributed by atoms with van der Waals surface area (Å²) in [6, 6.07) is 4.09. The van der Waals surface area contributed by atoms with E-state index in [0.717, 1.165) is 29.8 Å². The van der Waals surface area contributed by atoms with E-state index in [1.165, 1.54) is 0 Å². The molecular formula is C16H17NO4. The van der Waals surface area contributed by atoms with E-state index < -0.39 is 12.3 Å². The van der Waals surface area contributed by atoms with Crippen LogP contribution in [0.3, 0.4) is 0 Å². The van der Waals surface area contributed by atoms with Gasteiger partial charge in [-0.15, -0.1) is 0 Å². The molecular weight excluding hydrogens is 270 g/mol. The average Bonchev–Trinajstić information content (AvgIpc) is 3.06. The Morgan fingerprint density at radius 3 is 2.86 bits per heavy atom. The third-order valence-corrected chi connectivity index (χ3v) is 5.50. The normalized spacial score (nSPS) is 41.8. The first-order valence-electron chi connectivity index (χ1n) is 7.44. The fourth-order valence-corrected chi connectivity index (χ4v) is 4.51. The molecule has 3 aliphatic heterocycles. The fraction of sp³-hybridized carbons (Fsp3) is 0.500. The summed E-state index contributed by atoms with van der Waals surface area (Å²) in [5, 5.41) is 20.7. The molecule has 3 heterocycles. The van der Waals surface area contributed by atoms with Crippen molar-refractivity contribution in [3.05, 3.63) is 35.4 Å². The Labute approximate surface area is 122 Å². The molecule has 1 fully saturated rings. The van der Waals surface area contributed by atoms with Gasteiger partial charge < -0.3 is 19.7 Å². The molecule has 0 saturated carbocycles. The number of hydrogen-bond acceptors (Lipinski definition) is 5. The minimum Gasteiger partial charge on any atom is -0.454 e. The fourth-order valence-electron chi connectivity index (χ4n) is 4.51. The van der Waals surface area contributed by atoms with Gasteiger partial charge in [-0.2, -0.15) is 0 Å². The lowest BCUT2D eigenvalue weighted by atomic mass is 9.66. The predicted octanol–water partition coefficient (Wildman–Crippen LogP) is 1.05. The van der Waals surface area contributed by atoms with Gasteiger partial charge in [0, 0.05) is 23.6 Å². The van der Waals surface area contributed by atoms with Crippen molar-refractivity contribution in [2.75, 3.05) is 13.3 Å². The molecule has 1 aliphatic carbocycles. The van der Waals surface area contributed by atoms with Gasteiger partial charge in [0.2, 0.25) is 6.79 Å². The highest BCUT2D eigenvalue weighted by atomic mass is 16.7. The van der Waals surface area contributed by atoms with Gasteiger partial charge in [0.25, 0.3) is 0 Å². The van der Waals surface area contributed by atoms with Crippen LogP contribution in [0.5, 0.6) is 11.5 Å². The molecule has 5 unspecified atom stereocenters. The quantitative estimate of drug-likeness (QED) is 0.699. The van der Waals surface area contributed by atoms with Crippen LogP contribution < -0.4 is 9.47 Å². The summed E-state index contributed by atoms with van der Waals surface area (Å²) in [7, 11) is 0. The molecule has 1 aromatic rings. The van der Waals surface area contributed by atoms with Crippen molar-refractivity contribution in [1.82, 2.24) is 4.90 Å². The molecule has 4 aliphatic rings. The standard InChI is InChI=1S/C16H17NO4/c18-9-1-2-16-3-4-17(14(16)5-9)15(19)10-6-12-13(7-11(10)16)21-8-20-12/h1-2,6-7,9,14-15,18-19H,3-5,8H2. The summed E-state index contributed by atoms with van der Waals surface area (Å²) in [4.78, 5) is 2.11. The Morgan fingerprint density at radius 1 is 1.19 bits per heavy atom. The van der Waals surface area contributed by atoms with Crippen molar-refractivity contribution in [1.29, 1.82) is 0 Å². The molecule has 5 rings (SSSR count). The van der Waals surface area contributed by atoms with E-state index in [-0.39, 0.29) is 18.2 Å². The zero-order valence-electron chi connectivity index (χ0n) is 11.5. The van der Waals surface area contributed by atoms with Gasteiger partial charge in [0.1, 0.15) is 6.23 Å². The Bertz CT molecular complexity index is 658. The number of nitrogens with zero attached hydrogens (tertiary/aromatic N) is 1. The summed E-state index contributed by atoms with van der Waals surface area (Å²) >= 11 is 0. The van der Waals surface area contributed by atoms with Crippen LogP contribution in [0, 0.1) is 0 Å². The summed E-state index contributed by atoms with van der Waals surface area (Å²) in [6.07, 6.45) is 4.61. The van der Waals surface area contributed by atoms with Crippen molar-refractivity contribution >= 4 is 0 Å². The van der Waals surface area contributed by atoms with Gasteiger partial charge in [-0.05, 0) is 30.5 Å². The summed E-state index contributed by atoms with van der Waals surface area (Å²) in [5.41, 5.74) is 1.92. The average molecular weight is 287 g/mol. The van der Waals surface area contributed by atoms with Gasteiger partial charge in [-0.25, -0.2) is 0 Å². The van der Waals surface area contributed by atoms with Gasteiger partial charge in [0.15, 0.2) is 11.5 Å². The lowest BCUT2D eigenvalue weighted by Crippen LogP contribution is -2.51. The van der Waals surface area contributed by atoms with Gasteiger partial charge >= 0.3 is 0 Å². The van der Waals surface area contributed by atoms with E-state index in [1.54, 1.807) is 0 Å². The highest BCUT2D eigenvalue weighted by Crippen LogP contribution is 2.56. The van der Waals surface area contributed by atoms with Crippen molar-refractivity contribution in [2.45, 2.75) is 36.6 Å². The SMILES string of the molecule is OC1C=CC23CCN(C(O)c4cc5c(cc42)OCO5)C3C1. The second kappa shape index (κ2) is 3.80. The Hall–Kier alpha value is -1.56. The second-order valence-electron chi connectivity index (χ2n) is 6.37. The number of aliphatic hydroxyl groups is 2. The molecule has 1 aromatic carbocycles. The predicted molar refractivity (Wildman–Crippen MR) is 74.1 cm³/mol. The van der Waals surface area contributed by atoms with Gasteiger partial charge in [-0.1, -0.05) is 12.2 Å². The first-order chi connectivity index (χ1) is 10.2. The van der Waals surface area contributed by atoms with Gasteiger partial charge in [0.05, 0.1) is 6.10 Å². The smallest absolute Gasteiger partial charge is 0.231 e. The molecule has 0 spiro atoms. The van der Waals surface area contributed by atoms with Crippen molar-refractivity contribution in [3.8, 4) is 11.5 Å². The summed E-state index contributed by atoms with van der Waals surface area (Å²) in [5.74, 6) is 1.47. The van der Waals surface area contributed by atoms with E-state index in [2.05, 4.69) is 11.0 Å². The first kappa shape index (κ1) is 12.0. The van der Waals surface area contributed by atoms with Crippen molar-refractivity contribution < 1.29 is 19.7 Å². The largest absolute Gasteiger partial charge is 0.454 e. The molecule has 1 saturated heterocycles. The molecule has 110 valence electrons. The monoisotopic (exact) mass is 287 g/mol.